The Morgan fingerprint density at radius 1 is 0.889 bits per heavy atom. The lowest BCUT2D eigenvalue weighted by molar-refractivity contribution is 0.969. The van der Waals surface area contributed by atoms with Crippen LogP contribution in [0.15, 0.2) is 42.5 Å². The first kappa shape index (κ1) is 12.7. The number of hydrogen-bond acceptors (Lipinski definition) is 2. The Kier molecular flexibility index (Phi) is 4.00. The predicted molar refractivity (Wildman–Crippen MR) is 78.4 cm³/mol. The maximum Gasteiger partial charge on any atom is 0.0389 e. The molecule has 0 aliphatic carbocycles. The highest BCUT2D eigenvalue weighted by Crippen LogP contribution is 2.20. The number of benzene rings is 2. The SMILES string of the molecule is Cc1cc(C)cc(Nc2ccc(CCN)cc2)c1. The van der Waals surface area contributed by atoms with Crippen LogP contribution in [-0.4, -0.2) is 6.54 Å². The first-order chi connectivity index (χ1) is 8.67. The van der Waals surface area contributed by atoms with Crippen molar-refractivity contribution in [3.63, 3.8) is 0 Å². The van der Waals surface area contributed by atoms with Crippen LogP contribution < -0.4 is 11.1 Å². The fourth-order valence-corrected chi connectivity index (χ4v) is 2.13. The topological polar surface area (TPSA) is 38.0 Å². The van der Waals surface area contributed by atoms with Crippen LogP contribution >= 0.6 is 0 Å². The molecule has 0 aliphatic heterocycles. The zero-order chi connectivity index (χ0) is 13.0. The van der Waals surface area contributed by atoms with Gasteiger partial charge in [-0.1, -0.05) is 18.2 Å². The quantitative estimate of drug-likeness (QED) is 0.857. The minimum absolute atomic E-state index is 0.698. The highest BCUT2D eigenvalue weighted by atomic mass is 14.9. The minimum atomic E-state index is 0.698. The Morgan fingerprint density at radius 3 is 2.06 bits per heavy atom. The van der Waals surface area contributed by atoms with E-state index in [9.17, 15) is 0 Å². The summed E-state index contributed by atoms with van der Waals surface area (Å²) in [6, 6.07) is 14.9. The summed E-state index contributed by atoms with van der Waals surface area (Å²) in [6.45, 7) is 4.93. The van der Waals surface area contributed by atoms with Crippen LogP contribution in [0.3, 0.4) is 0 Å². The van der Waals surface area contributed by atoms with Gasteiger partial charge in [-0.2, -0.15) is 0 Å². The second-order valence-electron chi connectivity index (χ2n) is 4.74. The average Bonchev–Trinajstić information content (AvgIpc) is 2.31. The Labute approximate surface area is 109 Å². The molecule has 2 aromatic rings. The normalized spacial score (nSPS) is 10.4. The summed E-state index contributed by atoms with van der Waals surface area (Å²) in [5.41, 5.74) is 11.6. The van der Waals surface area contributed by atoms with E-state index in [1.165, 1.54) is 16.7 Å². The van der Waals surface area contributed by atoms with Gasteiger partial charge < -0.3 is 11.1 Å². The molecule has 0 unspecified atom stereocenters. The van der Waals surface area contributed by atoms with Crippen molar-refractivity contribution in [1.29, 1.82) is 0 Å². The smallest absolute Gasteiger partial charge is 0.0389 e. The fourth-order valence-electron chi connectivity index (χ4n) is 2.13. The molecule has 0 aromatic heterocycles. The van der Waals surface area contributed by atoms with Gasteiger partial charge in [0.1, 0.15) is 0 Å². The van der Waals surface area contributed by atoms with Crippen molar-refractivity contribution in [3.8, 4) is 0 Å². The molecule has 2 nitrogen and oxygen atoms in total. The molecule has 0 saturated carbocycles. The van der Waals surface area contributed by atoms with Gasteiger partial charge in [0.05, 0.1) is 0 Å². The van der Waals surface area contributed by atoms with E-state index in [-0.39, 0.29) is 0 Å². The summed E-state index contributed by atoms with van der Waals surface area (Å²) in [6.07, 6.45) is 0.934. The summed E-state index contributed by atoms with van der Waals surface area (Å²) >= 11 is 0. The maximum absolute atomic E-state index is 5.54. The molecular formula is C16H20N2. The number of rotatable bonds is 4. The van der Waals surface area contributed by atoms with E-state index in [0.29, 0.717) is 6.54 Å². The molecule has 0 heterocycles. The van der Waals surface area contributed by atoms with Crippen molar-refractivity contribution in [1.82, 2.24) is 0 Å². The molecule has 2 rings (SSSR count). The molecule has 0 aliphatic rings. The molecule has 2 heteroatoms. The van der Waals surface area contributed by atoms with Crippen LogP contribution in [0, 0.1) is 13.8 Å². The van der Waals surface area contributed by atoms with Gasteiger partial charge in [0.25, 0.3) is 0 Å². The van der Waals surface area contributed by atoms with E-state index in [4.69, 9.17) is 5.73 Å². The standard InChI is InChI=1S/C16H20N2/c1-12-9-13(2)11-16(10-12)18-15-5-3-14(4-6-15)7-8-17/h3-6,9-11,18H,7-8,17H2,1-2H3. The van der Waals surface area contributed by atoms with Gasteiger partial charge >= 0.3 is 0 Å². The van der Waals surface area contributed by atoms with E-state index in [2.05, 4.69) is 61.6 Å². The van der Waals surface area contributed by atoms with Gasteiger partial charge in [-0.3, -0.25) is 0 Å². The second kappa shape index (κ2) is 5.69. The molecule has 18 heavy (non-hydrogen) atoms. The molecule has 0 radical (unpaired) electrons. The Bertz CT molecular complexity index is 495. The average molecular weight is 240 g/mol. The van der Waals surface area contributed by atoms with Crippen LogP contribution in [0.25, 0.3) is 0 Å². The van der Waals surface area contributed by atoms with Crippen molar-refractivity contribution in [2.75, 3.05) is 11.9 Å². The summed E-state index contributed by atoms with van der Waals surface area (Å²) in [4.78, 5) is 0. The van der Waals surface area contributed by atoms with Crippen molar-refractivity contribution >= 4 is 11.4 Å². The molecule has 0 atom stereocenters. The second-order valence-corrected chi connectivity index (χ2v) is 4.74. The van der Waals surface area contributed by atoms with E-state index in [0.717, 1.165) is 17.8 Å². The minimum Gasteiger partial charge on any atom is -0.356 e. The lowest BCUT2D eigenvalue weighted by Crippen LogP contribution is -2.02. The number of nitrogens with two attached hydrogens (primary N) is 1. The molecule has 94 valence electrons. The Balaban J connectivity index is 2.13. The van der Waals surface area contributed by atoms with Gasteiger partial charge in [0.15, 0.2) is 0 Å². The summed E-state index contributed by atoms with van der Waals surface area (Å²) in [5.74, 6) is 0. The van der Waals surface area contributed by atoms with E-state index in [1.54, 1.807) is 0 Å². The summed E-state index contributed by atoms with van der Waals surface area (Å²) < 4.78 is 0. The van der Waals surface area contributed by atoms with Crippen molar-refractivity contribution in [2.24, 2.45) is 5.73 Å². The zero-order valence-electron chi connectivity index (χ0n) is 11.0. The fraction of sp³-hybridized carbons (Fsp3) is 0.250. The number of anilines is 2. The highest BCUT2D eigenvalue weighted by Gasteiger charge is 1.98. The van der Waals surface area contributed by atoms with E-state index < -0.39 is 0 Å². The van der Waals surface area contributed by atoms with Crippen LogP contribution in [0.4, 0.5) is 11.4 Å². The molecule has 0 amide bonds. The van der Waals surface area contributed by atoms with Gasteiger partial charge in [-0.15, -0.1) is 0 Å². The number of aryl methyl sites for hydroxylation is 2. The maximum atomic E-state index is 5.54. The van der Waals surface area contributed by atoms with Gasteiger partial charge in [0, 0.05) is 11.4 Å². The van der Waals surface area contributed by atoms with Crippen molar-refractivity contribution < 1.29 is 0 Å². The first-order valence-electron chi connectivity index (χ1n) is 6.32. The number of hydrogen-bond donors (Lipinski definition) is 2. The Morgan fingerprint density at radius 2 is 1.50 bits per heavy atom. The van der Waals surface area contributed by atoms with Crippen LogP contribution in [0.5, 0.6) is 0 Å². The van der Waals surface area contributed by atoms with E-state index in [1.807, 2.05) is 0 Å². The third-order valence-electron chi connectivity index (χ3n) is 2.90. The highest BCUT2D eigenvalue weighted by molar-refractivity contribution is 5.61. The molecule has 3 N–H and O–H groups in total. The van der Waals surface area contributed by atoms with Crippen molar-refractivity contribution in [2.45, 2.75) is 20.3 Å². The summed E-state index contributed by atoms with van der Waals surface area (Å²) in [5, 5.41) is 3.42. The third-order valence-corrected chi connectivity index (χ3v) is 2.90. The van der Waals surface area contributed by atoms with Crippen LogP contribution in [-0.2, 0) is 6.42 Å². The van der Waals surface area contributed by atoms with Gasteiger partial charge in [0.2, 0.25) is 0 Å². The molecule has 2 aromatic carbocycles. The molecule has 0 bridgehead atoms. The summed E-state index contributed by atoms with van der Waals surface area (Å²) in [7, 11) is 0. The largest absolute Gasteiger partial charge is 0.356 e. The third kappa shape index (κ3) is 3.34. The molecule has 0 spiro atoms. The number of nitrogens with one attached hydrogen (secondary N) is 1. The van der Waals surface area contributed by atoms with Crippen LogP contribution in [0.1, 0.15) is 16.7 Å². The molecule has 0 fully saturated rings. The Hall–Kier alpha value is -1.80. The van der Waals surface area contributed by atoms with Crippen molar-refractivity contribution in [3.05, 3.63) is 59.2 Å². The first-order valence-corrected chi connectivity index (χ1v) is 6.32. The lowest BCUT2D eigenvalue weighted by Gasteiger charge is -2.09. The monoisotopic (exact) mass is 240 g/mol. The predicted octanol–water partition coefficient (Wildman–Crippen LogP) is 3.55. The molecular weight excluding hydrogens is 220 g/mol. The van der Waals surface area contributed by atoms with Gasteiger partial charge in [-0.05, 0) is 67.8 Å². The lowest BCUT2D eigenvalue weighted by atomic mass is 10.1. The van der Waals surface area contributed by atoms with Gasteiger partial charge in [-0.25, -0.2) is 0 Å². The molecule has 0 saturated heterocycles. The van der Waals surface area contributed by atoms with Crippen LogP contribution in [0.2, 0.25) is 0 Å². The zero-order valence-corrected chi connectivity index (χ0v) is 11.0. The van der Waals surface area contributed by atoms with E-state index >= 15 is 0 Å².